The summed E-state index contributed by atoms with van der Waals surface area (Å²) in [7, 11) is 0. The lowest BCUT2D eigenvalue weighted by molar-refractivity contribution is 0.0933. The Hall–Kier alpha value is -2.30. The quantitative estimate of drug-likeness (QED) is 0.858. The van der Waals surface area contributed by atoms with Crippen LogP contribution in [0.4, 0.5) is 0 Å². The third kappa shape index (κ3) is 4.08. The minimum Gasteiger partial charge on any atom is -0.491 e. The zero-order valence-corrected chi connectivity index (χ0v) is 12.6. The number of nitrogens with zero attached hydrogens (tertiary/aromatic N) is 1. The van der Waals surface area contributed by atoms with Gasteiger partial charge < -0.3 is 15.0 Å². The van der Waals surface area contributed by atoms with Crippen molar-refractivity contribution < 1.29 is 9.53 Å². The van der Waals surface area contributed by atoms with Crippen LogP contribution < -0.4 is 10.1 Å². The maximum absolute atomic E-state index is 12.3. The van der Waals surface area contributed by atoms with E-state index in [2.05, 4.69) is 15.3 Å². The van der Waals surface area contributed by atoms with Crippen LogP contribution in [0.1, 0.15) is 49.4 Å². The molecule has 0 bridgehead atoms. The number of aromatic nitrogens is 2. The number of benzene rings is 1. The van der Waals surface area contributed by atoms with Gasteiger partial charge in [-0.05, 0) is 38.5 Å². The Kier molecular flexibility index (Phi) is 4.98. The van der Waals surface area contributed by atoms with Crippen molar-refractivity contribution in [3.8, 4) is 5.75 Å². The minimum atomic E-state index is -0.132. The van der Waals surface area contributed by atoms with E-state index in [4.69, 9.17) is 4.74 Å². The molecule has 5 nitrogen and oxygen atoms in total. The molecule has 1 atom stereocenters. The molecule has 1 amide bonds. The fourth-order valence-electron chi connectivity index (χ4n) is 2.06. The monoisotopic (exact) mass is 287 g/mol. The molecule has 0 radical (unpaired) electrons. The number of carbonyl (C=O) groups is 1. The van der Waals surface area contributed by atoms with Gasteiger partial charge in [-0.2, -0.15) is 0 Å². The van der Waals surface area contributed by atoms with Gasteiger partial charge in [0.1, 0.15) is 11.6 Å². The van der Waals surface area contributed by atoms with E-state index in [9.17, 15) is 4.79 Å². The Bertz CT molecular complexity index is 579. The Morgan fingerprint density at radius 3 is 2.86 bits per heavy atom. The second-order valence-corrected chi connectivity index (χ2v) is 5.10. The Morgan fingerprint density at radius 2 is 2.24 bits per heavy atom. The zero-order valence-electron chi connectivity index (χ0n) is 12.6. The summed E-state index contributed by atoms with van der Waals surface area (Å²) < 4.78 is 5.61. The number of ether oxygens (including phenoxy) is 1. The highest BCUT2D eigenvalue weighted by molar-refractivity contribution is 5.94. The molecule has 1 aromatic carbocycles. The van der Waals surface area contributed by atoms with Gasteiger partial charge in [0.25, 0.3) is 5.91 Å². The molecule has 0 aliphatic carbocycles. The summed E-state index contributed by atoms with van der Waals surface area (Å²) in [5, 5.41) is 2.98. The van der Waals surface area contributed by atoms with Gasteiger partial charge >= 0.3 is 0 Å². The van der Waals surface area contributed by atoms with Crippen molar-refractivity contribution >= 4 is 5.91 Å². The van der Waals surface area contributed by atoms with Crippen LogP contribution in [0.15, 0.2) is 36.7 Å². The van der Waals surface area contributed by atoms with E-state index in [0.29, 0.717) is 11.3 Å². The average molecular weight is 287 g/mol. The standard InChI is InChI=1S/C16H21N3O2/c1-4-14(15-17-8-9-18-15)19-16(20)12-6-5-7-13(10-12)21-11(2)3/h5-11,14H,4H2,1-3H3,(H,17,18)(H,19,20). The van der Waals surface area contributed by atoms with Gasteiger partial charge in [0.05, 0.1) is 12.1 Å². The van der Waals surface area contributed by atoms with E-state index < -0.39 is 0 Å². The molecule has 112 valence electrons. The Labute approximate surface area is 124 Å². The maximum Gasteiger partial charge on any atom is 0.252 e. The summed E-state index contributed by atoms with van der Waals surface area (Å²) in [6, 6.07) is 7.07. The number of aromatic amines is 1. The highest BCUT2D eigenvalue weighted by atomic mass is 16.5. The largest absolute Gasteiger partial charge is 0.491 e. The summed E-state index contributed by atoms with van der Waals surface area (Å²) in [4.78, 5) is 19.6. The first-order valence-corrected chi connectivity index (χ1v) is 7.17. The van der Waals surface area contributed by atoms with Crippen molar-refractivity contribution in [1.29, 1.82) is 0 Å². The van der Waals surface area contributed by atoms with E-state index in [1.54, 1.807) is 24.5 Å². The summed E-state index contributed by atoms with van der Waals surface area (Å²) in [6.07, 6.45) is 4.28. The molecule has 21 heavy (non-hydrogen) atoms. The normalized spacial score (nSPS) is 12.2. The molecule has 1 aromatic heterocycles. The highest BCUT2D eigenvalue weighted by Crippen LogP contribution is 2.17. The molecular weight excluding hydrogens is 266 g/mol. The number of carbonyl (C=O) groups excluding carboxylic acids is 1. The molecular formula is C16H21N3O2. The number of rotatable bonds is 6. The third-order valence-electron chi connectivity index (χ3n) is 3.03. The van der Waals surface area contributed by atoms with Crippen LogP contribution in [0, 0.1) is 0 Å². The first-order valence-electron chi connectivity index (χ1n) is 7.17. The predicted molar refractivity (Wildman–Crippen MR) is 81.3 cm³/mol. The number of amides is 1. The Morgan fingerprint density at radius 1 is 1.43 bits per heavy atom. The third-order valence-corrected chi connectivity index (χ3v) is 3.03. The summed E-state index contributed by atoms with van der Waals surface area (Å²) >= 11 is 0. The van der Waals surface area contributed by atoms with E-state index >= 15 is 0 Å². The van der Waals surface area contributed by atoms with Crippen LogP contribution in [0.25, 0.3) is 0 Å². The number of imidazole rings is 1. The van der Waals surface area contributed by atoms with Crippen LogP contribution in [0.5, 0.6) is 5.75 Å². The lowest BCUT2D eigenvalue weighted by atomic mass is 10.1. The Balaban J connectivity index is 2.09. The molecule has 0 saturated heterocycles. The van der Waals surface area contributed by atoms with Crippen LogP contribution in [0.2, 0.25) is 0 Å². The van der Waals surface area contributed by atoms with Gasteiger partial charge in [0, 0.05) is 18.0 Å². The number of nitrogens with one attached hydrogen (secondary N) is 2. The lowest BCUT2D eigenvalue weighted by Crippen LogP contribution is -2.28. The number of hydrogen-bond acceptors (Lipinski definition) is 3. The van der Waals surface area contributed by atoms with Crippen LogP contribution in [0.3, 0.4) is 0 Å². The van der Waals surface area contributed by atoms with E-state index in [1.165, 1.54) is 0 Å². The van der Waals surface area contributed by atoms with Gasteiger partial charge in [-0.25, -0.2) is 4.98 Å². The molecule has 2 N–H and O–H groups in total. The molecule has 1 heterocycles. The van der Waals surface area contributed by atoms with Crippen molar-refractivity contribution in [3.63, 3.8) is 0 Å². The minimum absolute atomic E-state index is 0.0785. The fourth-order valence-corrected chi connectivity index (χ4v) is 2.06. The summed E-state index contributed by atoms with van der Waals surface area (Å²) in [5.74, 6) is 1.33. The zero-order chi connectivity index (χ0) is 15.2. The molecule has 0 saturated carbocycles. The number of hydrogen-bond donors (Lipinski definition) is 2. The molecule has 0 aliphatic heterocycles. The van der Waals surface area contributed by atoms with Crippen molar-refractivity contribution in [2.45, 2.75) is 39.3 Å². The smallest absolute Gasteiger partial charge is 0.252 e. The van der Waals surface area contributed by atoms with Crippen molar-refractivity contribution in [3.05, 3.63) is 48.0 Å². The van der Waals surface area contributed by atoms with Gasteiger partial charge in [0.2, 0.25) is 0 Å². The van der Waals surface area contributed by atoms with E-state index in [0.717, 1.165) is 12.2 Å². The maximum atomic E-state index is 12.3. The SMILES string of the molecule is CCC(NC(=O)c1cccc(OC(C)C)c1)c1ncc[nH]1. The lowest BCUT2D eigenvalue weighted by Gasteiger charge is -2.15. The van der Waals surface area contributed by atoms with Crippen LogP contribution in [-0.2, 0) is 0 Å². The second-order valence-electron chi connectivity index (χ2n) is 5.10. The average Bonchev–Trinajstić information content (AvgIpc) is 2.98. The van der Waals surface area contributed by atoms with Crippen molar-refractivity contribution in [2.75, 3.05) is 0 Å². The van der Waals surface area contributed by atoms with Gasteiger partial charge in [-0.3, -0.25) is 4.79 Å². The predicted octanol–water partition coefficient (Wildman–Crippen LogP) is 3.08. The van der Waals surface area contributed by atoms with Crippen LogP contribution in [-0.4, -0.2) is 22.0 Å². The van der Waals surface area contributed by atoms with Gasteiger partial charge in [0.15, 0.2) is 0 Å². The fraction of sp³-hybridized carbons (Fsp3) is 0.375. The van der Waals surface area contributed by atoms with Crippen LogP contribution >= 0.6 is 0 Å². The summed E-state index contributed by atoms with van der Waals surface area (Å²) in [6.45, 7) is 5.92. The molecule has 5 heteroatoms. The van der Waals surface area contributed by atoms with Gasteiger partial charge in [-0.15, -0.1) is 0 Å². The number of H-pyrrole nitrogens is 1. The highest BCUT2D eigenvalue weighted by Gasteiger charge is 2.16. The molecule has 1 unspecified atom stereocenters. The molecule has 2 rings (SSSR count). The van der Waals surface area contributed by atoms with Crippen molar-refractivity contribution in [1.82, 2.24) is 15.3 Å². The topological polar surface area (TPSA) is 67.0 Å². The van der Waals surface area contributed by atoms with Crippen molar-refractivity contribution in [2.24, 2.45) is 0 Å². The first kappa shape index (κ1) is 15.1. The molecule has 0 fully saturated rings. The van der Waals surface area contributed by atoms with E-state index in [1.807, 2.05) is 32.9 Å². The van der Waals surface area contributed by atoms with Gasteiger partial charge in [-0.1, -0.05) is 13.0 Å². The summed E-state index contributed by atoms with van der Waals surface area (Å²) in [5.41, 5.74) is 0.582. The molecule has 0 spiro atoms. The first-order chi connectivity index (χ1) is 10.1. The molecule has 0 aliphatic rings. The second kappa shape index (κ2) is 6.92. The molecule has 2 aromatic rings. The van der Waals surface area contributed by atoms with E-state index in [-0.39, 0.29) is 18.1 Å².